The second kappa shape index (κ2) is 5.34. The van der Waals surface area contributed by atoms with Crippen molar-refractivity contribution in [3.05, 3.63) is 47.9 Å². The summed E-state index contributed by atoms with van der Waals surface area (Å²) in [6.07, 6.45) is 1.45. The van der Waals surface area contributed by atoms with Crippen molar-refractivity contribution in [3.63, 3.8) is 0 Å². The number of benzene rings is 1. The summed E-state index contributed by atoms with van der Waals surface area (Å²) >= 11 is 0. The average Bonchev–Trinajstić information content (AvgIpc) is 2.38. The Bertz CT molecular complexity index is 617. The van der Waals surface area contributed by atoms with Crippen LogP contribution in [-0.2, 0) is 0 Å². The molecule has 0 saturated heterocycles. The molecular formula is C13H11FN2O3. The van der Waals surface area contributed by atoms with Gasteiger partial charge in [-0.1, -0.05) is 0 Å². The van der Waals surface area contributed by atoms with E-state index in [0.29, 0.717) is 11.4 Å². The predicted octanol–water partition coefficient (Wildman–Crippen LogP) is 2.67. The molecule has 0 saturated carbocycles. The van der Waals surface area contributed by atoms with Crippen molar-refractivity contribution < 1.29 is 19.0 Å². The Hall–Kier alpha value is -2.63. The fourth-order valence-corrected chi connectivity index (χ4v) is 1.57. The van der Waals surface area contributed by atoms with E-state index in [0.717, 1.165) is 0 Å². The number of hydrogen-bond acceptors (Lipinski definition) is 4. The van der Waals surface area contributed by atoms with Gasteiger partial charge < -0.3 is 15.2 Å². The maximum Gasteiger partial charge on any atom is 0.339 e. The number of methoxy groups -OCH3 is 1. The number of nitrogens with zero attached hydrogens (tertiary/aromatic N) is 1. The average molecular weight is 262 g/mol. The second-order valence-corrected chi connectivity index (χ2v) is 3.71. The first kappa shape index (κ1) is 12.8. The van der Waals surface area contributed by atoms with E-state index >= 15 is 0 Å². The molecule has 0 aliphatic heterocycles. The monoisotopic (exact) mass is 262 g/mol. The van der Waals surface area contributed by atoms with Gasteiger partial charge in [0.25, 0.3) is 0 Å². The lowest BCUT2D eigenvalue weighted by Crippen LogP contribution is -2.04. The quantitative estimate of drug-likeness (QED) is 0.886. The Balaban J connectivity index is 2.36. The van der Waals surface area contributed by atoms with E-state index in [1.807, 2.05) is 0 Å². The third-order valence-corrected chi connectivity index (χ3v) is 2.41. The highest BCUT2D eigenvalue weighted by molar-refractivity contribution is 5.93. The first-order valence-corrected chi connectivity index (χ1v) is 5.40. The fourth-order valence-electron chi connectivity index (χ4n) is 1.57. The standard InChI is InChI=1S/C13H11FN2O3/c1-19-10-6-8(14)5-9(7-10)16-12-11(13(17)18)3-2-4-15-12/h2-7H,1H3,(H,15,16)(H,17,18). The number of carboxylic acid groups (broad SMARTS) is 1. The van der Waals surface area contributed by atoms with Crippen LogP contribution < -0.4 is 10.1 Å². The molecule has 2 aromatic rings. The van der Waals surface area contributed by atoms with Gasteiger partial charge in [-0.25, -0.2) is 14.2 Å². The smallest absolute Gasteiger partial charge is 0.339 e. The van der Waals surface area contributed by atoms with Gasteiger partial charge in [-0.2, -0.15) is 0 Å². The lowest BCUT2D eigenvalue weighted by atomic mass is 10.2. The Morgan fingerprint density at radius 2 is 2.21 bits per heavy atom. The van der Waals surface area contributed by atoms with Gasteiger partial charge in [0.1, 0.15) is 22.9 Å². The van der Waals surface area contributed by atoms with Crippen molar-refractivity contribution in [1.82, 2.24) is 4.98 Å². The zero-order chi connectivity index (χ0) is 13.8. The molecule has 2 rings (SSSR count). The number of aromatic carboxylic acids is 1. The molecule has 0 unspecified atom stereocenters. The van der Waals surface area contributed by atoms with Gasteiger partial charge in [-0.15, -0.1) is 0 Å². The SMILES string of the molecule is COc1cc(F)cc(Nc2ncccc2C(=O)O)c1. The molecule has 0 aliphatic rings. The highest BCUT2D eigenvalue weighted by Crippen LogP contribution is 2.24. The van der Waals surface area contributed by atoms with E-state index in [4.69, 9.17) is 9.84 Å². The lowest BCUT2D eigenvalue weighted by Gasteiger charge is -2.09. The zero-order valence-corrected chi connectivity index (χ0v) is 10.1. The molecule has 2 N–H and O–H groups in total. The first-order chi connectivity index (χ1) is 9.10. The van der Waals surface area contributed by atoms with E-state index in [2.05, 4.69) is 10.3 Å². The third kappa shape index (κ3) is 2.98. The number of halogens is 1. The summed E-state index contributed by atoms with van der Waals surface area (Å²) in [5.74, 6) is -1.13. The normalized spacial score (nSPS) is 10.0. The molecule has 5 nitrogen and oxygen atoms in total. The Morgan fingerprint density at radius 3 is 2.89 bits per heavy atom. The highest BCUT2D eigenvalue weighted by atomic mass is 19.1. The van der Waals surface area contributed by atoms with Crippen LogP contribution in [0.15, 0.2) is 36.5 Å². The summed E-state index contributed by atoms with van der Waals surface area (Å²) < 4.78 is 18.3. The third-order valence-electron chi connectivity index (χ3n) is 2.41. The summed E-state index contributed by atoms with van der Waals surface area (Å²) in [4.78, 5) is 14.9. The van der Waals surface area contributed by atoms with Gasteiger partial charge in [0.05, 0.1) is 7.11 Å². The van der Waals surface area contributed by atoms with Gasteiger partial charge >= 0.3 is 5.97 Å². The minimum atomic E-state index is -1.11. The molecule has 0 atom stereocenters. The molecule has 6 heteroatoms. The fraction of sp³-hybridized carbons (Fsp3) is 0.0769. The molecule has 1 aromatic heterocycles. The van der Waals surface area contributed by atoms with Crippen LogP contribution in [0.5, 0.6) is 5.75 Å². The summed E-state index contributed by atoms with van der Waals surface area (Å²) in [5, 5.41) is 11.8. The van der Waals surface area contributed by atoms with Crippen molar-refractivity contribution in [2.45, 2.75) is 0 Å². The number of pyridine rings is 1. The summed E-state index contributed by atoms with van der Waals surface area (Å²) in [5.41, 5.74) is 0.365. The molecule has 0 amide bonds. The van der Waals surface area contributed by atoms with Crippen LogP contribution in [0.1, 0.15) is 10.4 Å². The van der Waals surface area contributed by atoms with Crippen molar-refractivity contribution in [1.29, 1.82) is 0 Å². The van der Waals surface area contributed by atoms with Crippen LogP contribution in [0.25, 0.3) is 0 Å². The number of rotatable bonds is 4. The van der Waals surface area contributed by atoms with Crippen molar-refractivity contribution in [2.75, 3.05) is 12.4 Å². The number of hydrogen-bond donors (Lipinski definition) is 2. The molecule has 19 heavy (non-hydrogen) atoms. The van der Waals surface area contributed by atoms with Crippen LogP contribution in [-0.4, -0.2) is 23.2 Å². The number of anilines is 2. The molecule has 0 bridgehead atoms. The Kier molecular flexibility index (Phi) is 3.61. The van der Waals surface area contributed by atoms with E-state index in [1.54, 1.807) is 6.07 Å². The molecule has 0 radical (unpaired) electrons. The van der Waals surface area contributed by atoms with Crippen LogP contribution in [0.3, 0.4) is 0 Å². The van der Waals surface area contributed by atoms with Gasteiger partial charge in [0, 0.05) is 24.0 Å². The molecule has 0 aliphatic carbocycles. The number of carbonyl (C=O) groups is 1. The predicted molar refractivity (Wildman–Crippen MR) is 67.4 cm³/mol. The Labute approximate surface area is 108 Å². The van der Waals surface area contributed by atoms with Crippen LogP contribution >= 0.6 is 0 Å². The van der Waals surface area contributed by atoms with E-state index < -0.39 is 11.8 Å². The van der Waals surface area contributed by atoms with Crippen LogP contribution in [0, 0.1) is 5.82 Å². The van der Waals surface area contributed by atoms with E-state index in [9.17, 15) is 9.18 Å². The molecular weight excluding hydrogens is 251 g/mol. The van der Waals surface area contributed by atoms with E-state index in [-0.39, 0.29) is 11.4 Å². The molecule has 1 aromatic carbocycles. The number of carboxylic acids is 1. The van der Waals surface area contributed by atoms with Crippen LogP contribution in [0.4, 0.5) is 15.9 Å². The Morgan fingerprint density at radius 1 is 1.42 bits per heavy atom. The molecule has 1 heterocycles. The lowest BCUT2D eigenvalue weighted by molar-refractivity contribution is 0.0697. The maximum atomic E-state index is 13.3. The van der Waals surface area contributed by atoms with Crippen molar-refractivity contribution in [2.24, 2.45) is 0 Å². The zero-order valence-electron chi connectivity index (χ0n) is 10.1. The van der Waals surface area contributed by atoms with Gasteiger partial charge in [0.15, 0.2) is 0 Å². The first-order valence-electron chi connectivity index (χ1n) is 5.40. The van der Waals surface area contributed by atoms with Crippen molar-refractivity contribution >= 4 is 17.5 Å². The molecule has 0 spiro atoms. The second-order valence-electron chi connectivity index (χ2n) is 3.71. The van der Waals surface area contributed by atoms with Crippen LogP contribution in [0.2, 0.25) is 0 Å². The minimum Gasteiger partial charge on any atom is -0.497 e. The largest absolute Gasteiger partial charge is 0.497 e. The van der Waals surface area contributed by atoms with Gasteiger partial charge in [-0.3, -0.25) is 0 Å². The summed E-state index contributed by atoms with van der Waals surface area (Å²) in [6, 6.07) is 6.92. The molecule has 0 fully saturated rings. The number of nitrogens with one attached hydrogen (secondary N) is 1. The van der Waals surface area contributed by atoms with Gasteiger partial charge in [0.2, 0.25) is 0 Å². The number of ether oxygens (including phenoxy) is 1. The minimum absolute atomic E-state index is 0.00530. The maximum absolute atomic E-state index is 13.3. The molecule has 98 valence electrons. The number of aromatic nitrogens is 1. The highest BCUT2D eigenvalue weighted by Gasteiger charge is 2.11. The summed E-state index contributed by atoms with van der Waals surface area (Å²) in [6.45, 7) is 0. The van der Waals surface area contributed by atoms with Gasteiger partial charge in [-0.05, 0) is 18.2 Å². The van der Waals surface area contributed by atoms with E-state index in [1.165, 1.54) is 37.6 Å². The summed E-state index contributed by atoms with van der Waals surface area (Å²) in [7, 11) is 1.42. The van der Waals surface area contributed by atoms with Crippen molar-refractivity contribution in [3.8, 4) is 5.75 Å². The topological polar surface area (TPSA) is 71.5 Å².